The molecule has 0 radical (unpaired) electrons. The van der Waals surface area contributed by atoms with Gasteiger partial charge in [-0.1, -0.05) is 15.9 Å². The van der Waals surface area contributed by atoms with E-state index in [1.165, 1.54) is 0 Å². The van der Waals surface area contributed by atoms with Crippen LogP contribution >= 0.6 is 15.9 Å². The topological polar surface area (TPSA) is 39.7 Å². The van der Waals surface area contributed by atoms with Gasteiger partial charge >= 0.3 is 0 Å². The summed E-state index contributed by atoms with van der Waals surface area (Å²) < 4.78 is 15.4. The number of rotatable bonds is 11. The van der Waals surface area contributed by atoms with Crippen LogP contribution in [0.4, 0.5) is 0 Å². The summed E-state index contributed by atoms with van der Waals surface area (Å²) in [5.74, 6) is 0. The van der Waals surface area contributed by atoms with E-state index in [4.69, 9.17) is 14.2 Å². The van der Waals surface area contributed by atoms with Crippen molar-refractivity contribution in [3.8, 4) is 0 Å². The molecule has 0 saturated heterocycles. The predicted octanol–water partition coefficient (Wildman–Crippen LogP) is 0.651. The van der Waals surface area contributed by atoms with Gasteiger partial charge in [-0.05, 0) is 0 Å². The molecule has 0 aliphatic carbocycles. The van der Waals surface area contributed by atoms with E-state index >= 15 is 0 Å². The Kier molecular flexibility index (Phi) is 13.6. The van der Waals surface area contributed by atoms with Crippen LogP contribution in [0.2, 0.25) is 0 Å². The molecule has 4 nitrogen and oxygen atoms in total. The third-order valence-electron chi connectivity index (χ3n) is 1.50. The molecule has 5 heteroatoms. The lowest BCUT2D eigenvalue weighted by Gasteiger charge is -2.05. The molecule has 14 heavy (non-hydrogen) atoms. The van der Waals surface area contributed by atoms with Crippen LogP contribution in [-0.4, -0.2) is 58.6 Å². The SMILES string of the molecule is COCCOCCOCCNCCBr. The van der Waals surface area contributed by atoms with Gasteiger partial charge in [-0.25, -0.2) is 0 Å². The number of alkyl halides is 1. The molecule has 86 valence electrons. The summed E-state index contributed by atoms with van der Waals surface area (Å²) in [5.41, 5.74) is 0. The van der Waals surface area contributed by atoms with Crippen molar-refractivity contribution in [2.45, 2.75) is 0 Å². The van der Waals surface area contributed by atoms with Crippen molar-refractivity contribution in [2.75, 3.05) is 58.6 Å². The summed E-state index contributed by atoms with van der Waals surface area (Å²) in [6, 6.07) is 0. The van der Waals surface area contributed by atoms with E-state index in [9.17, 15) is 0 Å². The third-order valence-corrected chi connectivity index (χ3v) is 1.89. The molecule has 0 bridgehead atoms. The van der Waals surface area contributed by atoms with Gasteiger partial charge in [-0.15, -0.1) is 0 Å². The molecule has 0 aliphatic rings. The molecule has 0 aliphatic heterocycles. The zero-order chi connectivity index (χ0) is 10.5. The lowest BCUT2D eigenvalue weighted by atomic mass is 10.6. The first-order valence-corrected chi connectivity index (χ1v) is 5.95. The van der Waals surface area contributed by atoms with E-state index < -0.39 is 0 Å². The van der Waals surface area contributed by atoms with Crippen LogP contribution in [0.1, 0.15) is 0 Å². The van der Waals surface area contributed by atoms with Crippen LogP contribution in [0, 0.1) is 0 Å². The number of hydrogen-bond acceptors (Lipinski definition) is 4. The molecule has 0 saturated carbocycles. The van der Waals surface area contributed by atoms with Gasteiger partial charge < -0.3 is 19.5 Å². The molecule has 0 rings (SSSR count). The van der Waals surface area contributed by atoms with Crippen LogP contribution < -0.4 is 5.32 Å². The zero-order valence-electron chi connectivity index (χ0n) is 8.76. The highest BCUT2D eigenvalue weighted by atomic mass is 79.9. The summed E-state index contributed by atoms with van der Waals surface area (Å²) in [6.45, 7) is 5.19. The Balaban J connectivity index is 2.78. The van der Waals surface area contributed by atoms with Crippen molar-refractivity contribution in [2.24, 2.45) is 0 Å². The van der Waals surface area contributed by atoms with E-state index in [1.807, 2.05) is 0 Å². The maximum absolute atomic E-state index is 5.32. The molecule has 0 fully saturated rings. The molecule has 0 aromatic carbocycles. The van der Waals surface area contributed by atoms with Crippen molar-refractivity contribution in [1.82, 2.24) is 5.32 Å². The van der Waals surface area contributed by atoms with E-state index in [-0.39, 0.29) is 0 Å². The van der Waals surface area contributed by atoms with Crippen LogP contribution in [0.25, 0.3) is 0 Å². The Labute approximate surface area is 94.4 Å². The summed E-state index contributed by atoms with van der Waals surface area (Å²) in [7, 11) is 1.66. The highest BCUT2D eigenvalue weighted by Gasteiger charge is 1.89. The largest absolute Gasteiger partial charge is 0.382 e. The zero-order valence-corrected chi connectivity index (χ0v) is 10.3. The van der Waals surface area contributed by atoms with Crippen LogP contribution in [0.3, 0.4) is 0 Å². The molecular formula is C9H20BrNO3. The minimum absolute atomic E-state index is 0.641. The van der Waals surface area contributed by atoms with Crippen molar-refractivity contribution in [1.29, 1.82) is 0 Å². The van der Waals surface area contributed by atoms with Crippen LogP contribution in [0.5, 0.6) is 0 Å². The minimum Gasteiger partial charge on any atom is -0.382 e. The van der Waals surface area contributed by atoms with Crippen molar-refractivity contribution < 1.29 is 14.2 Å². The van der Waals surface area contributed by atoms with Gasteiger partial charge in [0.25, 0.3) is 0 Å². The third kappa shape index (κ3) is 12.3. The quantitative estimate of drug-likeness (QED) is 0.442. The maximum atomic E-state index is 5.32. The highest BCUT2D eigenvalue weighted by Crippen LogP contribution is 1.79. The molecule has 0 amide bonds. The average Bonchev–Trinajstić information content (AvgIpc) is 2.21. The first kappa shape index (κ1) is 14.3. The Morgan fingerprint density at radius 1 is 0.929 bits per heavy atom. The second-order valence-electron chi connectivity index (χ2n) is 2.66. The molecule has 0 aromatic rings. The van der Waals surface area contributed by atoms with Crippen molar-refractivity contribution >= 4 is 15.9 Å². The second-order valence-corrected chi connectivity index (χ2v) is 3.45. The lowest BCUT2D eigenvalue weighted by Crippen LogP contribution is -2.22. The summed E-state index contributed by atoms with van der Waals surface area (Å²) in [6.07, 6.45) is 0. The standard InChI is InChI=1S/C9H20BrNO3/c1-12-6-7-14-9-8-13-5-4-11-3-2-10/h11H,2-9H2,1H3. The maximum Gasteiger partial charge on any atom is 0.0701 e. The molecule has 0 unspecified atom stereocenters. The fraction of sp³-hybridized carbons (Fsp3) is 1.00. The Morgan fingerprint density at radius 2 is 1.57 bits per heavy atom. The van der Waals surface area contributed by atoms with Gasteiger partial charge in [0, 0.05) is 25.5 Å². The Morgan fingerprint density at radius 3 is 2.21 bits per heavy atom. The van der Waals surface area contributed by atoms with Gasteiger partial charge in [-0.3, -0.25) is 0 Å². The fourth-order valence-electron chi connectivity index (χ4n) is 0.800. The van der Waals surface area contributed by atoms with E-state index in [0.29, 0.717) is 26.4 Å². The molecule has 0 aromatic heterocycles. The highest BCUT2D eigenvalue weighted by molar-refractivity contribution is 9.09. The van der Waals surface area contributed by atoms with Crippen LogP contribution in [0.15, 0.2) is 0 Å². The number of halogens is 1. The van der Waals surface area contributed by atoms with E-state index in [0.717, 1.165) is 25.0 Å². The summed E-state index contributed by atoms with van der Waals surface area (Å²) in [4.78, 5) is 0. The number of hydrogen-bond donors (Lipinski definition) is 1. The van der Waals surface area contributed by atoms with Crippen molar-refractivity contribution in [3.63, 3.8) is 0 Å². The Bertz CT molecular complexity index is 94.1. The number of nitrogens with one attached hydrogen (secondary N) is 1. The smallest absolute Gasteiger partial charge is 0.0701 e. The van der Waals surface area contributed by atoms with Gasteiger partial charge in [0.1, 0.15) is 0 Å². The lowest BCUT2D eigenvalue weighted by molar-refractivity contribution is 0.0257. The van der Waals surface area contributed by atoms with E-state index in [2.05, 4.69) is 21.2 Å². The van der Waals surface area contributed by atoms with Gasteiger partial charge in [0.15, 0.2) is 0 Å². The fourth-order valence-corrected chi connectivity index (χ4v) is 1.08. The molecule has 0 atom stereocenters. The Hall–Kier alpha value is 0.320. The normalized spacial score (nSPS) is 10.7. The first-order valence-electron chi connectivity index (χ1n) is 4.83. The minimum atomic E-state index is 0.641. The number of ether oxygens (including phenoxy) is 3. The predicted molar refractivity (Wildman–Crippen MR) is 60.2 cm³/mol. The second kappa shape index (κ2) is 13.3. The van der Waals surface area contributed by atoms with Gasteiger partial charge in [-0.2, -0.15) is 0 Å². The first-order chi connectivity index (χ1) is 6.91. The van der Waals surface area contributed by atoms with Crippen molar-refractivity contribution in [3.05, 3.63) is 0 Å². The summed E-state index contributed by atoms with van der Waals surface area (Å²) >= 11 is 3.33. The summed E-state index contributed by atoms with van der Waals surface area (Å²) in [5, 5.41) is 4.19. The van der Waals surface area contributed by atoms with Crippen LogP contribution in [-0.2, 0) is 14.2 Å². The van der Waals surface area contributed by atoms with Gasteiger partial charge in [0.2, 0.25) is 0 Å². The van der Waals surface area contributed by atoms with E-state index in [1.54, 1.807) is 7.11 Å². The molecule has 1 N–H and O–H groups in total. The van der Waals surface area contributed by atoms with Gasteiger partial charge in [0.05, 0.1) is 33.0 Å². The average molecular weight is 270 g/mol. The molecular weight excluding hydrogens is 250 g/mol. The monoisotopic (exact) mass is 269 g/mol. The molecule has 0 spiro atoms. The molecule has 0 heterocycles. The number of methoxy groups -OCH3 is 1.